The Morgan fingerprint density at radius 2 is 1.83 bits per heavy atom. The van der Waals surface area contributed by atoms with Crippen molar-refractivity contribution in [2.45, 2.75) is 25.9 Å². The third-order valence-electron chi connectivity index (χ3n) is 5.74. The van der Waals surface area contributed by atoms with Crippen LogP contribution in [-0.4, -0.2) is 22.2 Å². The first-order chi connectivity index (χ1) is 16.8. The number of rotatable bonds is 7. The quantitative estimate of drug-likeness (QED) is 0.416. The Kier molecular flexibility index (Phi) is 7.02. The van der Waals surface area contributed by atoms with Crippen LogP contribution in [0.5, 0.6) is 5.75 Å². The molecule has 7 nitrogen and oxygen atoms in total. The molecule has 0 fully saturated rings. The van der Waals surface area contributed by atoms with Gasteiger partial charge in [0, 0.05) is 17.6 Å². The van der Waals surface area contributed by atoms with Gasteiger partial charge in [0.25, 0.3) is 5.56 Å². The Bertz CT molecular complexity index is 1510. The van der Waals surface area contributed by atoms with Crippen molar-refractivity contribution >= 4 is 28.4 Å². The van der Waals surface area contributed by atoms with Crippen LogP contribution >= 0.6 is 11.6 Å². The molecule has 1 amide bonds. The average Bonchev–Trinajstić information content (AvgIpc) is 2.86. The second-order valence-corrected chi connectivity index (χ2v) is 8.36. The zero-order chi connectivity index (χ0) is 25.1. The number of amides is 1. The molecule has 1 heterocycles. The zero-order valence-electron chi connectivity index (χ0n) is 19.1. The highest BCUT2D eigenvalue weighted by Gasteiger charge is 2.25. The van der Waals surface area contributed by atoms with Gasteiger partial charge in [-0.05, 0) is 54.4 Å². The Balaban J connectivity index is 1.86. The van der Waals surface area contributed by atoms with E-state index >= 15 is 0 Å². The number of carbonyl (C=O) groups is 1. The third-order valence-corrected chi connectivity index (χ3v) is 5.98. The van der Waals surface area contributed by atoms with Crippen LogP contribution < -0.4 is 21.3 Å². The lowest BCUT2D eigenvalue weighted by atomic mass is 10.1. The zero-order valence-corrected chi connectivity index (χ0v) is 19.9. The van der Waals surface area contributed by atoms with Gasteiger partial charge in [-0.1, -0.05) is 36.7 Å². The summed E-state index contributed by atoms with van der Waals surface area (Å²) >= 11 is 6.20. The summed E-state index contributed by atoms with van der Waals surface area (Å²) in [6.45, 7) is 1.92. The minimum Gasteiger partial charge on any atom is -0.497 e. The largest absolute Gasteiger partial charge is 0.497 e. The fourth-order valence-corrected chi connectivity index (χ4v) is 4.14. The second-order valence-electron chi connectivity index (χ2n) is 7.92. The van der Waals surface area contributed by atoms with Crippen LogP contribution in [0.2, 0.25) is 5.02 Å². The first-order valence-electron chi connectivity index (χ1n) is 11.0. The molecule has 1 N–H and O–H groups in total. The number of ether oxygens (including phenoxy) is 1. The first-order valence-corrected chi connectivity index (χ1v) is 11.3. The normalized spacial score (nSPS) is 11.9. The van der Waals surface area contributed by atoms with E-state index in [1.54, 1.807) is 49.4 Å². The Morgan fingerprint density at radius 3 is 2.51 bits per heavy atom. The van der Waals surface area contributed by atoms with E-state index in [9.17, 15) is 18.8 Å². The maximum Gasteiger partial charge on any atom is 0.336 e. The molecule has 0 spiro atoms. The number of nitrogens with one attached hydrogen (secondary N) is 1. The summed E-state index contributed by atoms with van der Waals surface area (Å²) in [6.07, 6.45) is 0.271. The van der Waals surface area contributed by atoms with Gasteiger partial charge in [-0.25, -0.2) is 13.8 Å². The molecule has 4 rings (SSSR count). The molecule has 1 aromatic heterocycles. The van der Waals surface area contributed by atoms with E-state index < -0.39 is 23.2 Å². The van der Waals surface area contributed by atoms with Crippen molar-refractivity contribution in [3.05, 3.63) is 104 Å². The van der Waals surface area contributed by atoms with Crippen molar-refractivity contribution in [3.8, 4) is 11.4 Å². The summed E-state index contributed by atoms with van der Waals surface area (Å²) < 4.78 is 20.8. The van der Waals surface area contributed by atoms with E-state index in [0.29, 0.717) is 22.0 Å². The molecule has 0 aliphatic rings. The maximum atomic E-state index is 13.8. The molecule has 9 heteroatoms. The van der Waals surface area contributed by atoms with Gasteiger partial charge in [-0.3, -0.25) is 14.2 Å². The SMILES string of the molecule is CC[C@H](C(=O)NCc1ccc(F)cc1)n1c(=O)n(-c2cccc(OC)c2)c(=O)c2ccc(Cl)cc21. The number of benzene rings is 3. The lowest BCUT2D eigenvalue weighted by Crippen LogP contribution is -2.44. The van der Waals surface area contributed by atoms with Gasteiger partial charge in [-0.15, -0.1) is 0 Å². The van der Waals surface area contributed by atoms with Crippen LogP contribution in [0.25, 0.3) is 16.6 Å². The van der Waals surface area contributed by atoms with E-state index in [4.69, 9.17) is 16.3 Å². The number of halogens is 2. The van der Waals surface area contributed by atoms with Crippen LogP contribution in [0.4, 0.5) is 4.39 Å². The van der Waals surface area contributed by atoms with Gasteiger partial charge in [0.2, 0.25) is 5.91 Å². The van der Waals surface area contributed by atoms with E-state index in [1.165, 1.54) is 35.9 Å². The predicted molar refractivity (Wildman–Crippen MR) is 133 cm³/mol. The maximum absolute atomic E-state index is 13.8. The number of hydrogen-bond acceptors (Lipinski definition) is 4. The van der Waals surface area contributed by atoms with Gasteiger partial charge in [0.15, 0.2) is 0 Å². The number of carbonyl (C=O) groups excluding carboxylic acids is 1. The van der Waals surface area contributed by atoms with Gasteiger partial charge in [0.1, 0.15) is 17.6 Å². The highest BCUT2D eigenvalue weighted by Crippen LogP contribution is 2.22. The summed E-state index contributed by atoms with van der Waals surface area (Å²) in [6, 6.07) is 16.0. The molecule has 0 radical (unpaired) electrons. The third kappa shape index (κ3) is 4.83. The van der Waals surface area contributed by atoms with E-state index in [0.717, 1.165) is 4.57 Å². The summed E-state index contributed by atoms with van der Waals surface area (Å²) in [5.41, 5.74) is 0.0627. The fraction of sp³-hybridized carbons (Fsp3) is 0.192. The molecule has 0 aliphatic heterocycles. The van der Waals surface area contributed by atoms with Crippen LogP contribution in [0.3, 0.4) is 0 Å². The van der Waals surface area contributed by atoms with E-state index in [-0.39, 0.29) is 29.7 Å². The van der Waals surface area contributed by atoms with Crippen molar-refractivity contribution in [2.75, 3.05) is 7.11 Å². The van der Waals surface area contributed by atoms with Gasteiger partial charge in [-0.2, -0.15) is 0 Å². The van der Waals surface area contributed by atoms with Crippen molar-refractivity contribution in [1.82, 2.24) is 14.5 Å². The molecular weight excluding hydrogens is 473 g/mol. The molecule has 0 saturated heterocycles. The number of aromatic nitrogens is 2. The number of nitrogens with zero attached hydrogens (tertiary/aromatic N) is 2. The molecule has 0 unspecified atom stereocenters. The average molecular weight is 496 g/mol. The molecular formula is C26H23ClFN3O4. The summed E-state index contributed by atoms with van der Waals surface area (Å²) in [5.74, 6) is -0.321. The van der Waals surface area contributed by atoms with Crippen molar-refractivity contribution in [2.24, 2.45) is 0 Å². The van der Waals surface area contributed by atoms with Crippen LogP contribution in [0.15, 0.2) is 76.3 Å². The lowest BCUT2D eigenvalue weighted by molar-refractivity contribution is -0.124. The summed E-state index contributed by atoms with van der Waals surface area (Å²) in [4.78, 5) is 40.4. The van der Waals surface area contributed by atoms with Crippen molar-refractivity contribution in [1.29, 1.82) is 0 Å². The summed E-state index contributed by atoms with van der Waals surface area (Å²) in [5, 5.41) is 3.37. The van der Waals surface area contributed by atoms with E-state index in [1.807, 2.05) is 0 Å². The molecule has 0 aliphatic carbocycles. The van der Waals surface area contributed by atoms with E-state index in [2.05, 4.69) is 5.32 Å². The second kappa shape index (κ2) is 10.1. The fourth-order valence-electron chi connectivity index (χ4n) is 3.98. The highest BCUT2D eigenvalue weighted by molar-refractivity contribution is 6.31. The molecule has 0 saturated carbocycles. The molecule has 1 atom stereocenters. The molecule has 35 heavy (non-hydrogen) atoms. The highest BCUT2D eigenvalue weighted by atomic mass is 35.5. The topological polar surface area (TPSA) is 82.3 Å². The lowest BCUT2D eigenvalue weighted by Gasteiger charge is -2.22. The monoisotopic (exact) mass is 495 g/mol. The predicted octanol–water partition coefficient (Wildman–Crippen LogP) is 4.22. The minimum atomic E-state index is -0.929. The first kappa shape index (κ1) is 24.2. The summed E-state index contributed by atoms with van der Waals surface area (Å²) in [7, 11) is 1.49. The Hall–Kier alpha value is -3.91. The van der Waals surface area contributed by atoms with Crippen LogP contribution in [0.1, 0.15) is 24.9 Å². The Morgan fingerprint density at radius 1 is 1.09 bits per heavy atom. The van der Waals surface area contributed by atoms with Crippen LogP contribution in [0, 0.1) is 5.82 Å². The smallest absolute Gasteiger partial charge is 0.336 e. The number of hydrogen-bond donors (Lipinski definition) is 1. The Labute approximate surface area is 205 Å². The standard InChI is InChI=1S/C26H23ClFN3O4/c1-3-22(24(32)29-15-16-7-10-18(28)11-8-16)31-23-13-17(27)9-12-21(23)25(33)30(26(31)34)19-5-4-6-20(14-19)35-2/h4-14,22H,3,15H2,1-2H3,(H,29,32)/t22-/m1/s1. The number of methoxy groups -OCH3 is 1. The molecule has 3 aromatic carbocycles. The molecule has 180 valence electrons. The van der Waals surface area contributed by atoms with Crippen molar-refractivity contribution < 1.29 is 13.9 Å². The molecule has 4 aromatic rings. The van der Waals surface area contributed by atoms with Crippen molar-refractivity contribution in [3.63, 3.8) is 0 Å². The van der Waals surface area contributed by atoms with Crippen LogP contribution in [-0.2, 0) is 11.3 Å². The van der Waals surface area contributed by atoms with Gasteiger partial charge in [0.05, 0.1) is 23.7 Å². The molecule has 0 bridgehead atoms. The van der Waals surface area contributed by atoms with Gasteiger partial charge < -0.3 is 10.1 Å². The minimum absolute atomic E-state index is 0.151. The number of fused-ring (bicyclic) bond motifs is 1. The van der Waals surface area contributed by atoms with Gasteiger partial charge >= 0.3 is 5.69 Å².